The van der Waals surface area contributed by atoms with Crippen LogP contribution in [0.4, 0.5) is 5.69 Å². The second-order valence-corrected chi connectivity index (χ2v) is 4.53. The van der Waals surface area contributed by atoms with E-state index in [1.165, 1.54) is 0 Å². The molecule has 0 atom stereocenters. The second kappa shape index (κ2) is 5.52. The summed E-state index contributed by atoms with van der Waals surface area (Å²) >= 11 is 0. The highest BCUT2D eigenvalue weighted by Gasteiger charge is 2.09. The van der Waals surface area contributed by atoms with Crippen molar-refractivity contribution in [3.63, 3.8) is 0 Å². The number of nitrogens with zero attached hydrogens (tertiary/aromatic N) is 3. The maximum Gasteiger partial charge on any atom is 0.117 e. The minimum atomic E-state index is 0.603. The van der Waals surface area contributed by atoms with Gasteiger partial charge in [-0.2, -0.15) is 15.4 Å². The largest absolute Gasteiger partial charge is 0.378 e. The predicted molar refractivity (Wildman–Crippen MR) is 78.1 cm³/mol. The zero-order valence-electron chi connectivity index (χ0n) is 11.2. The Morgan fingerprint density at radius 1 is 1.05 bits per heavy atom. The summed E-state index contributed by atoms with van der Waals surface area (Å²) < 4.78 is 0. The van der Waals surface area contributed by atoms with Crippen molar-refractivity contribution in [3.8, 4) is 11.3 Å². The third-order valence-corrected chi connectivity index (χ3v) is 3.04. The molecule has 20 heavy (non-hydrogen) atoms. The number of aromatic amines is 1. The smallest absolute Gasteiger partial charge is 0.117 e. The van der Waals surface area contributed by atoms with Crippen molar-refractivity contribution in [2.45, 2.75) is 13.5 Å². The summed E-state index contributed by atoms with van der Waals surface area (Å²) in [5.41, 5.74) is 4.79. The summed E-state index contributed by atoms with van der Waals surface area (Å²) in [7, 11) is 0. The normalized spacial score (nSPS) is 10.4. The molecule has 0 aliphatic rings. The Morgan fingerprint density at radius 3 is 2.65 bits per heavy atom. The van der Waals surface area contributed by atoms with Crippen LogP contribution >= 0.6 is 0 Å². The van der Waals surface area contributed by atoms with Crippen LogP contribution < -0.4 is 5.32 Å². The molecule has 2 aromatic heterocycles. The Bertz CT molecular complexity index is 673. The minimum absolute atomic E-state index is 0.603. The standard InChI is InChI=1S/C15H15N5/c1-11-7-8-13(9-16-11)17-10-14-15(19-20-18-14)12-5-3-2-4-6-12/h2-9,17H,10H2,1H3,(H,18,19,20). The average Bonchev–Trinajstić information content (AvgIpc) is 2.96. The summed E-state index contributed by atoms with van der Waals surface area (Å²) in [4.78, 5) is 4.25. The van der Waals surface area contributed by atoms with Crippen LogP contribution in [0.15, 0.2) is 48.7 Å². The highest BCUT2D eigenvalue weighted by atomic mass is 15.3. The molecule has 0 spiro atoms. The highest BCUT2D eigenvalue weighted by Crippen LogP contribution is 2.19. The lowest BCUT2D eigenvalue weighted by Crippen LogP contribution is -2.02. The van der Waals surface area contributed by atoms with Crippen LogP contribution in [-0.2, 0) is 6.54 Å². The SMILES string of the molecule is Cc1ccc(NCc2n[nH]nc2-c2ccccc2)cn1. The summed E-state index contributed by atoms with van der Waals surface area (Å²) in [6.07, 6.45) is 1.82. The maximum atomic E-state index is 4.25. The van der Waals surface area contributed by atoms with Gasteiger partial charge in [0.25, 0.3) is 0 Å². The fraction of sp³-hybridized carbons (Fsp3) is 0.133. The fourth-order valence-corrected chi connectivity index (χ4v) is 1.96. The van der Waals surface area contributed by atoms with Gasteiger partial charge in [-0.15, -0.1) is 0 Å². The third-order valence-electron chi connectivity index (χ3n) is 3.04. The second-order valence-electron chi connectivity index (χ2n) is 4.53. The Morgan fingerprint density at radius 2 is 1.90 bits per heavy atom. The lowest BCUT2D eigenvalue weighted by Gasteiger charge is -2.05. The van der Waals surface area contributed by atoms with Gasteiger partial charge in [0.15, 0.2) is 0 Å². The molecular weight excluding hydrogens is 250 g/mol. The van der Waals surface area contributed by atoms with Crippen LogP contribution in [0.1, 0.15) is 11.4 Å². The number of benzene rings is 1. The summed E-state index contributed by atoms with van der Waals surface area (Å²) in [5.74, 6) is 0. The van der Waals surface area contributed by atoms with Gasteiger partial charge >= 0.3 is 0 Å². The average molecular weight is 265 g/mol. The first-order valence-corrected chi connectivity index (χ1v) is 6.44. The first kappa shape index (κ1) is 12.3. The van der Waals surface area contributed by atoms with Crippen molar-refractivity contribution in [2.75, 3.05) is 5.32 Å². The number of rotatable bonds is 4. The number of pyridine rings is 1. The third kappa shape index (κ3) is 2.66. The topological polar surface area (TPSA) is 66.5 Å². The van der Waals surface area contributed by atoms with E-state index >= 15 is 0 Å². The van der Waals surface area contributed by atoms with Crippen molar-refractivity contribution in [2.24, 2.45) is 0 Å². The predicted octanol–water partition coefficient (Wildman–Crippen LogP) is 2.79. The summed E-state index contributed by atoms with van der Waals surface area (Å²) in [6.45, 7) is 2.57. The molecule has 0 fully saturated rings. The van der Waals surface area contributed by atoms with E-state index in [9.17, 15) is 0 Å². The molecule has 5 heteroatoms. The van der Waals surface area contributed by atoms with E-state index in [0.29, 0.717) is 6.54 Å². The number of hydrogen-bond donors (Lipinski definition) is 2. The molecule has 3 rings (SSSR count). The number of anilines is 1. The number of hydrogen-bond acceptors (Lipinski definition) is 4. The van der Waals surface area contributed by atoms with E-state index in [-0.39, 0.29) is 0 Å². The van der Waals surface area contributed by atoms with E-state index in [1.807, 2.05) is 55.6 Å². The van der Waals surface area contributed by atoms with Crippen molar-refractivity contribution in [3.05, 3.63) is 60.0 Å². The molecule has 0 bridgehead atoms. The lowest BCUT2D eigenvalue weighted by molar-refractivity contribution is 0.911. The molecule has 0 unspecified atom stereocenters. The van der Waals surface area contributed by atoms with E-state index < -0.39 is 0 Å². The molecule has 2 N–H and O–H groups in total. The lowest BCUT2D eigenvalue weighted by atomic mass is 10.1. The molecule has 0 aliphatic carbocycles. The van der Waals surface area contributed by atoms with E-state index in [1.54, 1.807) is 0 Å². The van der Waals surface area contributed by atoms with Gasteiger partial charge < -0.3 is 5.32 Å². The molecular formula is C15H15N5. The van der Waals surface area contributed by atoms with Gasteiger partial charge in [0.2, 0.25) is 0 Å². The zero-order chi connectivity index (χ0) is 13.8. The van der Waals surface area contributed by atoms with Crippen LogP contribution in [0.3, 0.4) is 0 Å². The first-order chi connectivity index (χ1) is 9.83. The zero-order valence-corrected chi connectivity index (χ0v) is 11.2. The maximum absolute atomic E-state index is 4.25. The monoisotopic (exact) mass is 265 g/mol. The van der Waals surface area contributed by atoms with Crippen LogP contribution in [0, 0.1) is 6.92 Å². The molecule has 5 nitrogen and oxygen atoms in total. The molecule has 0 amide bonds. The quantitative estimate of drug-likeness (QED) is 0.761. The first-order valence-electron chi connectivity index (χ1n) is 6.44. The van der Waals surface area contributed by atoms with Gasteiger partial charge in [-0.05, 0) is 19.1 Å². The minimum Gasteiger partial charge on any atom is -0.378 e. The van der Waals surface area contributed by atoms with Crippen LogP contribution in [0.5, 0.6) is 0 Å². The molecule has 0 aliphatic heterocycles. The highest BCUT2D eigenvalue weighted by molar-refractivity contribution is 5.61. The number of H-pyrrole nitrogens is 1. The molecule has 0 saturated carbocycles. The number of aryl methyl sites for hydroxylation is 1. The van der Waals surface area contributed by atoms with Crippen molar-refractivity contribution in [1.29, 1.82) is 0 Å². The Kier molecular flexibility index (Phi) is 3.41. The number of nitrogens with one attached hydrogen (secondary N) is 2. The van der Waals surface area contributed by atoms with Gasteiger partial charge in [-0.1, -0.05) is 30.3 Å². The van der Waals surface area contributed by atoms with Crippen molar-refractivity contribution < 1.29 is 0 Å². The molecule has 1 aromatic carbocycles. The van der Waals surface area contributed by atoms with Crippen molar-refractivity contribution >= 4 is 5.69 Å². The van der Waals surface area contributed by atoms with Crippen LogP contribution in [-0.4, -0.2) is 20.4 Å². The van der Waals surface area contributed by atoms with Gasteiger partial charge in [0.05, 0.1) is 18.4 Å². The number of aromatic nitrogens is 4. The molecule has 100 valence electrons. The van der Waals surface area contributed by atoms with Gasteiger partial charge in [0, 0.05) is 11.3 Å². The molecule has 0 radical (unpaired) electrons. The van der Waals surface area contributed by atoms with E-state index in [0.717, 1.165) is 28.3 Å². The fourth-order valence-electron chi connectivity index (χ4n) is 1.96. The molecule has 3 aromatic rings. The Balaban J connectivity index is 1.76. The van der Waals surface area contributed by atoms with Crippen LogP contribution in [0.25, 0.3) is 11.3 Å². The van der Waals surface area contributed by atoms with Gasteiger partial charge in [-0.25, -0.2) is 0 Å². The van der Waals surface area contributed by atoms with Crippen LogP contribution in [0.2, 0.25) is 0 Å². The molecule has 2 heterocycles. The van der Waals surface area contributed by atoms with Crippen molar-refractivity contribution in [1.82, 2.24) is 20.4 Å². The summed E-state index contributed by atoms with van der Waals surface area (Å²) in [5, 5.41) is 14.4. The van der Waals surface area contributed by atoms with Gasteiger partial charge in [0.1, 0.15) is 11.4 Å². The summed E-state index contributed by atoms with van der Waals surface area (Å²) in [6, 6.07) is 14.0. The van der Waals surface area contributed by atoms with E-state index in [2.05, 4.69) is 25.7 Å². The Labute approximate surface area is 117 Å². The molecule has 0 saturated heterocycles. The van der Waals surface area contributed by atoms with E-state index in [4.69, 9.17) is 0 Å². The van der Waals surface area contributed by atoms with Gasteiger partial charge in [-0.3, -0.25) is 4.98 Å². The Hall–Kier alpha value is -2.69.